The summed E-state index contributed by atoms with van der Waals surface area (Å²) in [5.74, 6) is 0.0816. The molecule has 186 valence electrons. The van der Waals surface area contributed by atoms with Crippen LogP contribution in [0.3, 0.4) is 0 Å². The number of unbranched alkanes of at least 4 members (excludes halogenated alkanes) is 12. The van der Waals surface area contributed by atoms with Crippen molar-refractivity contribution in [2.24, 2.45) is 0 Å². The fraction of sp³-hybridized carbons (Fsp3) is 0.516. The van der Waals surface area contributed by atoms with Gasteiger partial charge < -0.3 is 10.4 Å². The zero-order valence-corrected chi connectivity index (χ0v) is 21.3. The van der Waals surface area contributed by atoms with Gasteiger partial charge in [0.1, 0.15) is 5.75 Å². The lowest BCUT2D eigenvalue weighted by molar-refractivity contribution is 0.102. The molecule has 0 unspecified atom stereocenters. The van der Waals surface area contributed by atoms with Crippen LogP contribution in [0.5, 0.6) is 5.75 Å². The maximum atomic E-state index is 12.6. The smallest absolute Gasteiger partial charge is 0.255 e. The van der Waals surface area contributed by atoms with E-state index in [1.54, 1.807) is 24.3 Å². The van der Waals surface area contributed by atoms with Gasteiger partial charge in [-0.25, -0.2) is 0 Å². The topological polar surface area (TPSA) is 49.3 Å². The second kappa shape index (κ2) is 17.0. The number of hydrogen-bond acceptors (Lipinski definition) is 2. The van der Waals surface area contributed by atoms with Crippen LogP contribution < -0.4 is 5.32 Å². The first-order chi connectivity index (χ1) is 16.6. The standard InChI is InChI=1S/C31H45NO2/c1-3-5-6-7-8-9-10-11-12-13-14-15-16-18-26-19-21-27(22-20-26)31(34)32-29-23-24-30(33)28(25-29)17-4-2/h4,19-25,33H,2-3,5-18H2,1H3,(H,32,34). The minimum atomic E-state index is -0.136. The van der Waals surface area contributed by atoms with Crippen LogP contribution >= 0.6 is 0 Å². The molecule has 0 saturated heterocycles. The summed E-state index contributed by atoms with van der Waals surface area (Å²) in [6, 6.07) is 13.0. The number of carbonyl (C=O) groups excluding carboxylic acids is 1. The van der Waals surface area contributed by atoms with Gasteiger partial charge in [0.2, 0.25) is 0 Å². The lowest BCUT2D eigenvalue weighted by atomic mass is 10.0. The summed E-state index contributed by atoms with van der Waals surface area (Å²) in [4.78, 5) is 12.6. The van der Waals surface area contributed by atoms with Crippen LogP contribution in [0, 0.1) is 0 Å². The number of allylic oxidation sites excluding steroid dienone is 1. The molecule has 1 amide bonds. The Morgan fingerprint density at radius 3 is 1.94 bits per heavy atom. The van der Waals surface area contributed by atoms with E-state index >= 15 is 0 Å². The van der Waals surface area contributed by atoms with Crippen LogP contribution in [0.15, 0.2) is 55.1 Å². The largest absolute Gasteiger partial charge is 0.508 e. The van der Waals surface area contributed by atoms with Gasteiger partial charge in [-0.1, -0.05) is 102 Å². The van der Waals surface area contributed by atoms with Crippen molar-refractivity contribution in [2.75, 3.05) is 5.32 Å². The van der Waals surface area contributed by atoms with Crippen molar-refractivity contribution in [1.82, 2.24) is 0 Å². The summed E-state index contributed by atoms with van der Waals surface area (Å²) in [6.07, 6.45) is 21.2. The van der Waals surface area contributed by atoms with E-state index in [4.69, 9.17) is 0 Å². The molecule has 2 aromatic carbocycles. The quantitative estimate of drug-likeness (QED) is 0.132. The number of benzene rings is 2. The SMILES string of the molecule is C=CCc1cc(NC(=O)c2ccc(CCCCCCCCCCCCCCC)cc2)ccc1O. The van der Waals surface area contributed by atoms with Gasteiger partial charge in [-0.05, 0) is 60.7 Å². The highest BCUT2D eigenvalue weighted by atomic mass is 16.3. The fourth-order valence-electron chi connectivity index (χ4n) is 4.36. The molecular formula is C31H45NO2. The average Bonchev–Trinajstić information content (AvgIpc) is 2.84. The molecule has 2 aromatic rings. The molecule has 0 fully saturated rings. The number of nitrogens with one attached hydrogen (secondary N) is 1. The van der Waals surface area contributed by atoms with E-state index in [2.05, 4.69) is 31.0 Å². The van der Waals surface area contributed by atoms with Gasteiger partial charge in [0.05, 0.1) is 0 Å². The maximum Gasteiger partial charge on any atom is 0.255 e. The van der Waals surface area contributed by atoms with E-state index < -0.39 is 0 Å². The van der Waals surface area contributed by atoms with Crippen LogP contribution in [0.1, 0.15) is 112 Å². The molecule has 0 bridgehead atoms. The number of aromatic hydroxyl groups is 1. The van der Waals surface area contributed by atoms with Crippen molar-refractivity contribution in [1.29, 1.82) is 0 Å². The summed E-state index contributed by atoms with van der Waals surface area (Å²) >= 11 is 0. The van der Waals surface area contributed by atoms with Crippen LogP contribution in [-0.2, 0) is 12.8 Å². The van der Waals surface area contributed by atoms with E-state index in [0.29, 0.717) is 17.7 Å². The number of rotatable bonds is 18. The number of amides is 1. The number of anilines is 1. The third kappa shape index (κ3) is 11.0. The molecule has 3 nitrogen and oxygen atoms in total. The normalized spacial score (nSPS) is 10.9. The van der Waals surface area contributed by atoms with Crippen LogP contribution in [0.2, 0.25) is 0 Å². The summed E-state index contributed by atoms with van der Waals surface area (Å²) in [6.45, 7) is 5.98. The lowest BCUT2D eigenvalue weighted by Gasteiger charge is -2.09. The summed E-state index contributed by atoms with van der Waals surface area (Å²) < 4.78 is 0. The van der Waals surface area contributed by atoms with Crippen molar-refractivity contribution in [2.45, 2.75) is 103 Å². The van der Waals surface area contributed by atoms with Crippen LogP contribution in [0.25, 0.3) is 0 Å². The van der Waals surface area contributed by atoms with Gasteiger partial charge in [0.25, 0.3) is 5.91 Å². The van der Waals surface area contributed by atoms with Crippen molar-refractivity contribution < 1.29 is 9.90 Å². The Bertz CT molecular complexity index is 841. The zero-order valence-electron chi connectivity index (χ0n) is 21.3. The molecular weight excluding hydrogens is 418 g/mol. The van der Waals surface area contributed by atoms with Gasteiger partial charge in [-0.15, -0.1) is 6.58 Å². The van der Waals surface area contributed by atoms with Crippen molar-refractivity contribution in [3.63, 3.8) is 0 Å². The first-order valence-electron chi connectivity index (χ1n) is 13.5. The fourth-order valence-corrected chi connectivity index (χ4v) is 4.36. The molecule has 0 aromatic heterocycles. The van der Waals surface area contributed by atoms with Crippen molar-refractivity contribution >= 4 is 11.6 Å². The summed E-state index contributed by atoms with van der Waals surface area (Å²) in [5, 5.41) is 12.8. The predicted molar refractivity (Wildman–Crippen MR) is 146 cm³/mol. The lowest BCUT2D eigenvalue weighted by Crippen LogP contribution is -2.12. The van der Waals surface area contributed by atoms with Gasteiger partial charge in [0, 0.05) is 11.3 Å². The molecule has 3 heteroatoms. The van der Waals surface area contributed by atoms with Crippen LogP contribution in [0.4, 0.5) is 5.69 Å². The number of hydrogen-bond donors (Lipinski definition) is 2. The minimum Gasteiger partial charge on any atom is -0.508 e. The number of phenolic OH excluding ortho intramolecular Hbond substituents is 1. The summed E-state index contributed by atoms with van der Waals surface area (Å²) in [5.41, 5.74) is 3.36. The molecule has 0 aliphatic carbocycles. The Labute approximate surface area is 207 Å². The van der Waals surface area contributed by atoms with Gasteiger partial charge in [0.15, 0.2) is 0 Å². The molecule has 0 heterocycles. The monoisotopic (exact) mass is 463 g/mol. The van der Waals surface area contributed by atoms with E-state index in [9.17, 15) is 9.90 Å². The first-order valence-corrected chi connectivity index (χ1v) is 13.5. The molecule has 2 N–H and O–H groups in total. The third-order valence-corrected chi connectivity index (χ3v) is 6.49. The summed E-state index contributed by atoms with van der Waals surface area (Å²) in [7, 11) is 0. The Morgan fingerprint density at radius 2 is 1.38 bits per heavy atom. The van der Waals surface area contributed by atoms with Gasteiger partial charge in [-0.2, -0.15) is 0 Å². The Hall–Kier alpha value is -2.55. The van der Waals surface area contributed by atoms with E-state index in [-0.39, 0.29) is 11.7 Å². The number of aryl methyl sites for hydroxylation is 1. The predicted octanol–water partition coefficient (Wildman–Crippen LogP) is 9.01. The highest BCUT2D eigenvalue weighted by molar-refractivity contribution is 6.04. The second-order valence-corrected chi connectivity index (χ2v) is 9.48. The molecule has 0 aliphatic heterocycles. The average molecular weight is 464 g/mol. The van der Waals surface area contributed by atoms with E-state index in [1.807, 2.05) is 12.1 Å². The molecule has 0 aliphatic rings. The number of phenols is 1. The van der Waals surface area contributed by atoms with Gasteiger partial charge >= 0.3 is 0 Å². The van der Waals surface area contributed by atoms with Gasteiger partial charge in [-0.3, -0.25) is 4.79 Å². The molecule has 0 spiro atoms. The maximum absolute atomic E-state index is 12.6. The third-order valence-electron chi connectivity index (χ3n) is 6.49. The number of carbonyl (C=O) groups is 1. The van der Waals surface area contributed by atoms with Crippen molar-refractivity contribution in [3.8, 4) is 5.75 Å². The molecule has 0 atom stereocenters. The molecule has 34 heavy (non-hydrogen) atoms. The second-order valence-electron chi connectivity index (χ2n) is 9.48. The first kappa shape index (κ1) is 27.7. The Morgan fingerprint density at radius 1 is 0.824 bits per heavy atom. The highest BCUT2D eigenvalue weighted by Crippen LogP contribution is 2.23. The molecule has 0 saturated carbocycles. The van der Waals surface area contributed by atoms with E-state index in [1.165, 1.54) is 89.0 Å². The Balaban J connectivity index is 1.58. The molecule has 0 radical (unpaired) electrons. The van der Waals surface area contributed by atoms with Crippen molar-refractivity contribution in [3.05, 3.63) is 71.8 Å². The minimum absolute atomic E-state index is 0.136. The zero-order chi connectivity index (χ0) is 24.4. The van der Waals surface area contributed by atoms with E-state index in [0.717, 1.165) is 12.0 Å². The Kier molecular flexibility index (Phi) is 13.8. The van der Waals surface area contributed by atoms with Crippen LogP contribution in [-0.4, -0.2) is 11.0 Å². The molecule has 2 rings (SSSR count). The highest BCUT2D eigenvalue weighted by Gasteiger charge is 2.08.